The predicted octanol–water partition coefficient (Wildman–Crippen LogP) is 15.8. The van der Waals surface area contributed by atoms with Gasteiger partial charge in [0.1, 0.15) is 0 Å². The van der Waals surface area contributed by atoms with E-state index in [-0.39, 0.29) is 0 Å². The van der Waals surface area contributed by atoms with E-state index in [9.17, 15) is 0 Å². The third-order valence-corrected chi connectivity index (χ3v) is 14.2. The highest BCUT2D eigenvalue weighted by Crippen LogP contribution is 2.41. The third-order valence-electron chi connectivity index (χ3n) is 13.0. The molecule has 0 saturated carbocycles. The maximum absolute atomic E-state index is 5.37. The lowest BCUT2D eigenvalue weighted by molar-refractivity contribution is 1.17. The van der Waals surface area contributed by atoms with E-state index in [2.05, 4.69) is 215 Å². The summed E-state index contributed by atoms with van der Waals surface area (Å²) in [5.41, 5.74) is 10.9. The molecule has 0 atom stereocenters. The van der Waals surface area contributed by atoms with Gasteiger partial charge in [0, 0.05) is 69.6 Å². The molecule has 0 bridgehead atoms. The molecule has 4 aromatic heterocycles. The fourth-order valence-electron chi connectivity index (χ4n) is 10.1. The van der Waals surface area contributed by atoms with E-state index in [0.717, 1.165) is 50.1 Å². The van der Waals surface area contributed by atoms with Gasteiger partial charge in [-0.25, -0.2) is 9.97 Å². The summed E-state index contributed by atoms with van der Waals surface area (Å²) in [7, 11) is 0. The average molecular weight is 819 g/mol. The lowest BCUT2D eigenvalue weighted by atomic mass is 10.0. The van der Waals surface area contributed by atoms with Crippen LogP contribution in [-0.2, 0) is 0 Å². The molecule has 0 unspecified atom stereocenters. The molecular formula is C58H34N4S. The second-order valence-electron chi connectivity index (χ2n) is 16.6. The Morgan fingerprint density at radius 2 is 0.921 bits per heavy atom. The fourth-order valence-corrected chi connectivity index (χ4v) is 11.3. The summed E-state index contributed by atoms with van der Waals surface area (Å²) in [6.45, 7) is 0. The molecule has 0 saturated heterocycles. The molecule has 0 radical (unpaired) electrons. The van der Waals surface area contributed by atoms with Gasteiger partial charge in [-0.1, -0.05) is 127 Å². The Kier molecular flexibility index (Phi) is 7.24. The molecule has 4 heterocycles. The molecule has 0 amide bonds. The van der Waals surface area contributed by atoms with E-state index < -0.39 is 0 Å². The van der Waals surface area contributed by atoms with Crippen molar-refractivity contribution in [3.8, 4) is 34.0 Å². The van der Waals surface area contributed by atoms with Gasteiger partial charge in [-0.2, -0.15) is 0 Å². The molecule has 0 aliphatic rings. The van der Waals surface area contributed by atoms with Crippen LogP contribution in [0, 0.1) is 0 Å². The first-order valence-electron chi connectivity index (χ1n) is 21.4. The Morgan fingerprint density at radius 1 is 0.317 bits per heavy atom. The summed E-state index contributed by atoms with van der Waals surface area (Å²) in [4.78, 5) is 10.6. The highest BCUT2D eigenvalue weighted by Gasteiger charge is 2.19. The molecule has 5 heteroatoms. The summed E-state index contributed by atoms with van der Waals surface area (Å²) in [5, 5.41) is 13.5. The van der Waals surface area contributed by atoms with Crippen molar-refractivity contribution in [1.29, 1.82) is 0 Å². The van der Waals surface area contributed by atoms with Gasteiger partial charge in [0.05, 0.1) is 33.3 Å². The largest absolute Gasteiger partial charge is 0.309 e. The molecule has 292 valence electrons. The first-order valence-corrected chi connectivity index (χ1v) is 22.2. The first kappa shape index (κ1) is 34.6. The minimum atomic E-state index is 0.705. The van der Waals surface area contributed by atoms with Crippen molar-refractivity contribution >= 4 is 108 Å². The van der Waals surface area contributed by atoms with Crippen LogP contribution in [0.15, 0.2) is 206 Å². The lowest BCUT2D eigenvalue weighted by Crippen LogP contribution is -1.98. The molecule has 63 heavy (non-hydrogen) atoms. The number of rotatable bonds is 4. The molecule has 0 fully saturated rings. The summed E-state index contributed by atoms with van der Waals surface area (Å²) in [6.07, 6.45) is 0. The predicted molar refractivity (Wildman–Crippen MR) is 267 cm³/mol. The number of hydrogen-bond acceptors (Lipinski definition) is 3. The van der Waals surface area contributed by atoms with Crippen molar-refractivity contribution in [2.45, 2.75) is 0 Å². The number of benzene rings is 10. The lowest BCUT2D eigenvalue weighted by Gasteiger charge is -2.13. The van der Waals surface area contributed by atoms with Crippen LogP contribution in [0.5, 0.6) is 0 Å². The summed E-state index contributed by atoms with van der Waals surface area (Å²) >= 11 is 1.83. The van der Waals surface area contributed by atoms with Crippen LogP contribution in [0.3, 0.4) is 0 Å². The number of fused-ring (bicyclic) bond motifs is 12. The Bertz CT molecular complexity index is 4230. The highest BCUT2D eigenvalue weighted by molar-refractivity contribution is 7.25. The Morgan fingerprint density at radius 3 is 1.70 bits per heavy atom. The molecule has 4 nitrogen and oxygen atoms in total. The van der Waals surface area contributed by atoms with E-state index in [0.29, 0.717) is 5.82 Å². The SMILES string of the molecule is c1cc(-c2nc(-c3ccc4c(c3)sc3ccccc34)c3ccccc3n2)cc(-n2c3ccccc3c3cc4ccc(-n5c6ccccc6c6cc7ccccc7cc65)cc4cc32)c1. The topological polar surface area (TPSA) is 35.6 Å². The monoisotopic (exact) mass is 818 g/mol. The van der Waals surface area contributed by atoms with Crippen molar-refractivity contribution in [3.63, 3.8) is 0 Å². The van der Waals surface area contributed by atoms with E-state index in [4.69, 9.17) is 9.97 Å². The van der Waals surface area contributed by atoms with Crippen molar-refractivity contribution in [2.24, 2.45) is 0 Å². The summed E-state index contributed by atoms with van der Waals surface area (Å²) in [6, 6.07) is 75.0. The van der Waals surface area contributed by atoms with Crippen LogP contribution in [0.4, 0.5) is 0 Å². The van der Waals surface area contributed by atoms with Gasteiger partial charge in [-0.15, -0.1) is 11.3 Å². The summed E-state index contributed by atoms with van der Waals surface area (Å²) in [5.74, 6) is 0.705. The van der Waals surface area contributed by atoms with Crippen LogP contribution in [0.25, 0.3) is 130 Å². The highest BCUT2D eigenvalue weighted by atomic mass is 32.1. The Labute approximate surface area is 365 Å². The van der Waals surface area contributed by atoms with Crippen molar-refractivity contribution in [1.82, 2.24) is 19.1 Å². The number of hydrogen-bond donors (Lipinski definition) is 0. The molecule has 10 aromatic carbocycles. The maximum atomic E-state index is 5.37. The molecular weight excluding hydrogens is 785 g/mol. The molecule has 14 rings (SSSR count). The molecule has 0 aliphatic carbocycles. The minimum Gasteiger partial charge on any atom is -0.309 e. The zero-order valence-electron chi connectivity index (χ0n) is 33.8. The Hall–Kier alpha value is -8.12. The van der Waals surface area contributed by atoms with Gasteiger partial charge in [-0.3, -0.25) is 0 Å². The van der Waals surface area contributed by atoms with Gasteiger partial charge in [0.15, 0.2) is 5.82 Å². The van der Waals surface area contributed by atoms with E-state index >= 15 is 0 Å². The van der Waals surface area contributed by atoms with Crippen LogP contribution >= 0.6 is 11.3 Å². The van der Waals surface area contributed by atoms with Gasteiger partial charge >= 0.3 is 0 Å². The molecule has 0 spiro atoms. The second-order valence-corrected chi connectivity index (χ2v) is 17.7. The van der Waals surface area contributed by atoms with Crippen molar-refractivity contribution < 1.29 is 0 Å². The van der Waals surface area contributed by atoms with Crippen LogP contribution in [0.2, 0.25) is 0 Å². The normalized spacial score (nSPS) is 12.1. The van der Waals surface area contributed by atoms with Crippen LogP contribution in [0.1, 0.15) is 0 Å². The third kappa shape index (κ3) is 5.21. The molecule has 14 aromatic rings. The van der Waals surface area contributed by atoms with Gasteiger partial charge in [0.25, 0.3) is 0 Å². The summed E-state index contributed by atoms with van der Waals surface area (Å²) < 4.78 is 7.39. The average Bonchev–Trinajstić information content (AvgIpc) is 3.99. The number of para-hydroxylation sites is 3. The van der Waals surface area contributed by atoms with E-state index in [1.807, 2.05) is 11.3 Å². The van der Waals surface area contributed by atoms with Gasteiger partial charge < -0.3 is 9.13 Å². The fraction of sp³-hybridized carbons (Fsp3) is 0. The zero-order chi connectivity index (χ0) is 41.2. The standard InChI is InChI=1S/C58H34N4S/c1-2-13-36-32-53-48(30-35(36)12-1)43-16-5-9-22-52(43)62(53)42-26-24-37-31-49-44-17-4-8-21-51(44)61(54(49)33-40(37)29-42)41-15-11-14-39(28-41)58-59-50-20-7-3-19-47(50)57(60-58)38-25-27-46-45-18-6-10-23-55(45)63-56(46)34-38/h1-34H. The first-order chi connectivity index (χ1) is 31.2. The molecule has 0 aliphatic heterocycles. The Balaban J connectivity index is 0.942. The van der Waals surface area contributed by atoms with Gasteiger partial charge in [0.2, 0.25) is 0 Å². The number of thiophene rings is 1. The van der Waals surface area contributed by atoms with E-state index in [1.165, 1.54) is 74.3 Å². The second kappa shape index (κ2) is 13.2. The van der Waals surface area contributed by atoms with Gasteiger partial charge in [-0.05, 0) is 100 Å². The smallest absolute Gasteiger partial charge is 0.160 e. The van der Waals surface area contributed by atoms with Crippen molar-refractivity contribution in [3.05, 3.63) is 206 Å². The molecule has 0 N–H and O–H groups in total. The quantitative estimate of drug-likeness (QED) is 0.177. The van der Waals surface area contributed by atoms with E-state index in [1.54, 1.807) is 0 Å². The van der Waals surface area contributed by atoms with Crippen molar-refractivity contribution in [2.75, 3.05) is 0 Å². The van der Waals surface area contributed by atoms with Crippen LogP contribution in [-0.4, -0.2) is 19.1 Å². The zero-order valence-corrected chi connectivity index (χ0v) is 34.6. The number of aromatic nitrogens is 4. The van der Waals surface area contributed by atoms with Crippen LogP contribution < -0.4 is 0 Å². The number of nitrogens with zero attached hydrogens (tertiary/aromatic N) is 4. The maximum Gasteiger partial charge on any atom is 0.160 e. The minimum absolute atomic E-state index is 0.705.